The Kier molecular flexibility index (Phi) is 5.71. The van der Waals surface area contributed by atoms with Crippen LogP contribution in [0.1, 0.15) is 30.4 Å². The molecular weight excluding hydrogens is 391 g/mol. The zero-order chi connectivity index (χ0) is 20.2. The van der Waals surface area contributed by atoms with Crippen molar-refractivity contribution in [3.63, 3.8) is 0 Å². The summed E-state index contributed by atoms with van der Waals surface area (Å²) < 4.78 is 13.7. The van der Waals surface area contributed by atoms with Gasteiger partial charge < -0.3 is 10.6 Å². The van der Waals surface area contributed by atoms with Gasteiger partial charge in [0.1, 0.15) is 11.1 Å². The molecule has 0 aromatic heterocycles. The van der Waals surface area contributed by atoms with Gasteiger partial charge in [-0.25, -0.2) is 4.39 Å². The molecule has 2 aromatic carbocycles. The van der Waals surface area contributed by atoms with Gasteiger partial charge in [0.2, 0.25) is 11.8 Å². The number of hydrogen-bond acceptors (Lipinski definition) is 5. The zero-order valence-electron chi connectivity index (χ0n) is 15.5. The first-order valence-corrected chi connectivity index (χ1v) is 10.2. The van der Waals surface area contributed by atoms with E-state index < -0.39 is 17.0 Å². The molecule has 29 heavy (non-hydrogen) atoms. The molecule has 1 saturated heterocycles. The Morgan fingerprint density at radius 1 is 1.14 bits per heavy atom. The fraction of sp³-hybridized carbons (Fsp3) is 0.238. The molecular formula is C21H19FN4O2S. The van der Waals surface area contributed by atoms with Gasteiger partial charge in [0.15, 0.2) is 5.17 Å². The number of nitrogens with zero attached hydrogens (tertiary/aromatic N) is 2. The number of anilines is 1. The number of carbonyl (C=O) groups excluding carboxylic acids is 2. The van der Waals surface area contributed by atoms with Gasteiger partial charge in [-0.3, -0.25) is 9.59 Å². The Labute approximate surface area is 171 Å². The molecule has 1 fully saturated rings. The molecule has 8 heteroatoms. The number of amides is 2. The fourth-order valence-electron chi connectivity index (χ4n) is 3.33. The number of thioether (sulfide) groups is 1. The normalized spacial score (nSPS) is 21.1. The molecule has 1 atom stereocenters. The Hall–Kier alpha value is -3.00. The lowest BCUT2D eigenvalue weighted by atomic mass is 9.90. The van der Waals surface area contributed by atoms with Gasteiger partial charge in [-0.2, -0.15) is 5.10 Å². The molecule has 2 N–H and O–H groups in total. The number of nitrogens with one attached hydrogen (secondary N) is 2. The predicted molar refractivity (Wildman–Crippen MR) is 113 cm³/mol. The predicted octanol–water partition coefficient (Wildman–Crippen LogP) is 3.48. The molecule has 6 nitrogen and oxygen atoms in total. The number of para-hydroxylation sites is 1. The first-order valence-electron chi connectivity index (χ1n) is 9.35. The second-order valence-corrected chi connectivity index (χ2v) is 7.98. The van der Waals surface area contributed by atoms with Crippen molar-refractivity contribution in [3.05, 3.63) is 65.5 Å². The Bertz CT molecular complexity index is 1020. The van der Waals surface area contributed by atoms with Gasteiger partial charge in [0, 0.05) is 12.0 Å². The van der Waals surface area contributed by atoms with E-state index in [9.17, 15) is 14.0 Å². The summed E-state index contributed by atoms with van der Waals surface area (Å²) in [6.45, 7) is 0. The number of carbonyl (C=O) groups is 2. The molecule has 148 valence electrons. The smallest absolute Gasteiger partial charge is 0.240 e. The summed E-state index contributed by atoms with van der Waals surface area (Å²) >= 11 is 1.16. The molecule has 1 heterocycles. The Balaban J connectivity index is 1.41. The summed E-state index contributed by atoms with van der Waals surface area (Å²) in [5.41, 5.74) is 3.34. The largest absolute Gasteiger partial charge is 0.324 e. The molecule has 0 bridgehead atoms. The molecule has 0 radical (unpaired) electrons. The van der Waals surface area contributed by atoms with Crippen LogP contribution in [0.2, 0.25) is 0 Å². The third-order valence-corrected chi connectivity index (χ3v) is 5.82. The second-order valence-electron chi connectivity index (χ2n) is 6.79. The second kappa shape index (κ2) is 8.57. The average molecular weight is 410 g/mol. The standard InChI is InChI=1S/C21H19FN4O2S/c22-15-9-3-4-10-17(15)23-19(27)12-18-20(28)24-21(29-18)26-25-16-11-5-7-13-6-1-2-8-14(13)16/h1-4,6,8-10,18H,5,7,11-12H2,(H,23,27)(H,24,26,28)/b25-16-/t18-/m1/s1. The van der Waals surface area contributed by atoms with Crippen molar-refractivity contribution in [3.8, 4) is 0 Å². The molecule has 0 saturated carbocycles. The molecule has 2 amide bonds. The van der Waals surface area contributed by atoms with Crippen LogP contribution in [-0.4, -0.2) is 27.9 Å². The number of aryl methyl sites for hydroxylation is 1. The molecule has 0 spiro atoms. The van der Waals surface area contributed by atoms with Gasteiger partial charge in [0.25, 0.3) is 0 Å². The van der Waals surface area contributed by atoms with E-state index in [2.05, 4.69) is 26.9 Å². The quantitative estimate of drug-likeness (QED) is 0.757. The SMILES string of the molecule is O=C(C[C@H]1S/C(=N/N=C2/CCCc3ccccc32)NC1=O)Nc1ccccc1F. The highest BCUT2D eigenvalue weighted by Crippen LogP contribution is 2.25. The lowest BCUT2D eigenvalue weighted by Crippen LogP contribution is -2.28. The van der Waals surface area contributed by atoms with E-state index in [1.165, 1.54) is 17.7 Å². The van der Waals surface area contributed by atoms with Crippen LogP contribution in [0.15, 0.2) is 58.7 Å². The highest BCUT2D eigenvalue weighted by molar-refractivity contribution is 8.15. The molecule has 2 aromatic rings. The van der Waals surface area contributed by atoms with Crippen LogP contribution in [0.25, 0.3) is 0 Å². The first-order chi connectivity index (χ1) is 14.1. The maximum absolute atomic E-state index is 13.7. The summed E-state index contributed by atoms with van der Waals surface area (Å²) in [7, 11) is 0. The van der Waals surface area contributed by atoms with E-state index in [0.717, 1.165) is 42.3 Å². The fourth-order valence-corrected chi connectivity index (χ4v) is 4.25. The Morgan fingerprint density at radius 3 is 2.79 bits per heavy atom. The maximum atomic E-state index is 13.7. The van der Waals surface area contributed by atoms with Crippen molar-refractivity contribution in [2.24, 2.45) is 10.2 Å². The number of fused-ring (bicyclic) bond motifs is 1. The number of amidine groups is 1. The van der Waals surface area contributed by atoms with Gasteiger partial charge in [-0.05, 0) is 37.0 Å². The first kappa shape index (κ1) is 19.3. The lowest BCUT2D eigenvalue weighted by Gasteiger charge is -2.16. The molecule has 2 aliphatic rings. The van der Waals surface area contributed by atoms with Crippen molar-refractivity contribution in [1.82, 2.24) is 5.32 Å². The number of halogens is 1. The highest BCUT2D eigenvalue weighted by Gasteiger charge is 2.32. The average Bonchev–Trinajstić information content (AvgIpc) is 3.07. The van der Waals surface area contributed by atoms with Crippen LogP contribution in [0.4, 0.5) is 10.1 Å². The summed E-state index contributed by atoms with van der Waals surface area (Å²) in [5.74, 6) is -1.26. The zero-order valence-corrected chi connectivity index (χ0v) is 16.3. The summed E-state index contributed by atoms with van der Waals surface area (Å²) in [4.78, 5) is 24.4. The third-order valence-electron chi connectivity index (χ3n) is 4.74. The number of hydrogen-bond donors (Lipinski definition) is 2. The van der Waals surface area contributed by atoms with Gasteiger partial charge in [-0.15, -0.1) is 5.10 Å². The van der Waals surface area contributed by atoms with Gasteiger partial charge >= 0.3 is 0 Å². The number of benzene rings is 2. The van der Waals surface area contributed by atoms with Crippen molar-refractivity contribution < 1.29 is 14.0 Å². The van der Waals surface area contributed by atoms with Crippen LogP contribution >= 0.6 is 11.8 Å². The lowest BCUT2D eigenvalue weighted by molar-refractivity contribution is -0.122. The monoisotopic (exact) mass is 410 g/mol. The van der Waals surface area contributed by atoms with E-state index >= 15 is 0 Å². The van der Waals surface area contributed by atoms with Crippen LogP contribution in [0.5, 0.6) is 0 Å². The van der Waals surface area contributed by atoms with E-state index in [0.29, 0.717) is 5.17 Å². The summed E-state index contributed by atoms with van der Waals surface area (Å²) in [6, 6.07) is 14.0. The van der Waals surface area contributed by atoms with Gasteiger partial charge in [0.05, 0.1) is 11.4 Å². The molecule has 4 rings (SSSR count). The summed E-state index contributed by atoms with van der Waals surface area (Å²) in [5, 5.41) is 13.4. The molecule has 1 aliphatic heterocycles. The third kappa shape index (κ3) is 4.54. The molecule has 0 unspecified atom stereocenters. The Morgan fingerprint density at radius 2 is 1.93 bits per heavy atom. The minimum Gasteiger partial charge on any atom is -0.324 e. The van der Waals surface area contributed by atoms with Crippen molar-refractivity contribution >= 4 is 40.1 Å². The van der Waals surface area contributed by atoms with E-state index in [-0.39, 0.29) is 18.0 Å². The van der Waals surface area contributed by atoms with Gasteiger partial charge in [-0.1, -0.05) is 48.2 Å². The summed E-state index contributed by atoms with van der Waals surface area (Å²) in [6.07, 6.45) is 2.79. The maximum Gasteiger partial charge on any atom is 0.240 e. The van der Waals surface area contributed by atoms with E-state index in [1.54, 1.807) is 12.1 Å². The number of rotatable bonds is 4. The van der Waals surface area contributed by atoms with Crippen LogP contribution in [0, 0.1) is 5.82 Å². The van der Waals surface area contributed by atoms with Crippen molar-refractivity contribution in [1.29, 1.82) is 0 Å². The topological polar surface area (TPSA) is 82.9 Å². The van der Waals surface area contributed by atoms with Crippen LogP contribution in [-0.2, 0) is 16.0 Å². The van der Waals surface area contributed by atoms with Crippen molar-refractivity contribution in [2.45, 2.75) is 30.9 Å². The van der Waals surface area contributed by atoms with E-state index in [1.807, 2.05) is 18.2 Å². The van der Waals surface area contributed by atoms with Crippen LogP contribution < -0.4 is 10.6 Å². The van der Waals surface area contributed by atoms with Crippen molar-refractivity contribution in [2.75, 3.05) is 5.32 Å². The van der Waals surface area contributed by atoms with Crippen LogP contribution in [0.3, 0.4) is 0 Å². The minimum absolute atomic E-state index is 0.0801. The van der Waals surface area contributed by atoms with E-state index in [4.69, 9.17) is 0 Å². The minimum atomic E-state index is -0.626. The highest BCUT2D eigenvalue weighted by atomic mass is 32.2. The molecule has 1 aliphatic carbocycles.